The van der Waals surface area contributed by atoms with Gasteiger partial charge in [0.1, 0.15) is 5.82 Å². The number of amides is 3. The molecule has 0 atom stereocenters. The molecule has 1 aliphatic heterocycles. The molecule has 1 N–H and O–H groups in total. The predicted octanol–water partition coefficient (Wildman–Crippen LogP) is 3.60. The normalized spacial score (nSPS) is 13.2. The molecule has 5 rings (SSSR count). The average molecular weight is 435 g/mol. The van der Waals surface area contributed by atoms with Gasteiger partial charge < -0.3 is 0 Å². The van der Waals surface area contributed by atoms with Crippen LogP contribution in [0.1, 0.15) is 41.6 Å². The molecule has 2 aromatic carbocycles. The van der Waals surface area contributed by atoms with E-state index in [0.29, 0.717) is 4.96 Å². The van der Waals surface area contributed by atoms with Crippen molar-refractivity contribution in [1.82, 2.24) is 14.6 Å². The van der Waals surface area contributed by atoms with E-state index in [-0.39, 0.29) is 28.3 Å². The van der Waals surface area contributed by atoms with Gasteiger partial charge in [0.2, 0.25) is 4.96 Å². The lowest BCUT2D eigenvalue weighted by Gasteiger charge is -2.13. The number of aryl methyl sites for hydroxylation is 2. The molecule has 0 saturated heterocycles. The summed E-state index contributed by atoms with van der Waals surface area (Å²) >= 11 is 1.47. The maximum atomic E-state index is 13.2. The number of nitrogens with one attached hydrogen (secondary N) is 1. The molecule has 0 radical (unpaired) electrons. The fourth-order valence-electron chi connectivity index (χ4n) is 3.38. The van der Waals surface area contributed by atoms with Crippen LogP contribution in [0.5, 0.6) is 0 Å². The summed E-state index contributed by atoms with van der Waals surface area (Å²) in [4.78, 5) is 45.2. The van der Waals surface area contributed by atoms with E-state index in [2.05, 4.69) is 15.4 Å². The van der Waals surface area contributed by atoms with Crippen LogP contribution in [0.25, 0.3) is 4.96 Å². The highest BCUT2D eigenvalue weighted by atomic mass is 32.1. The van der Waals surface area contributed by atoms with Crippen molar-refractivity contribution in [3.8, 4) is 0 Å². The number of nitrogens with zero attached hydrogens (tertiary/aromatic N) is 4. The van der Waals surface area contributed by atoms with Crippen molar-refractivity contribution in [1.29, 1.82) is 0 Å². The Balaban J connectivity index is 1.42. The summed E-state index contributed by atoms with van der Waals surface area (Å²) in [6.07, 6.45) is 0. The Morgan fingerprint density at radius 1 is 1.03 bits per heavy atom. The summed E-state index contributed by atoms with van der Waals surface area (Å²) < 4.78 is 14.9. The number of thiazole rings is 1. The molecule has 0 spiro atoms. The molecule has 3 heterocycles. The molecule has 0 fully saturated rings. The zero-order valence-corrected chi connectivity index (χ0v) is 17.2. The molecule has 0 aliphatic carbocycles. The Morgan fingerprint density at radius 3 is 2.45 bits per heavy atom. The number of halogens is 1. The van der Waals surface area contributed by atoms with Crippen molar-refractivity contribution in [2.24, 2.45) is 0 Å². The molecular weight excluding hydrogens is 421 g/mol. The second kappa shape index (κ2) is 6.81. The van der Waals surface area contributed by atoms with Gasteiger partial charge in [0.15, 0.2) is 0 Å². The van der Waals surface area contributed by atoms with Gasteiger partial charge >= 0.3 is 0 Å². The van der Waals surface area contributed by atoms with Crippen molar-refractivity contribution in [2.75, 3.05) is 10.2 Å². The smallest absolute Gasteiger partial charge is 0.266 e. The molecule has 31 heavy (non-hydrogen) atoms. The zero-order valence-electron chi connectivity index (χ0n) is 16.3. The number of aromatic nitrogens is 3. The number of imide groups is 1. The van der Waals surface area contributed by atoms with Crippen LogP contribution in [0.4, 0.5) is 16.0 Å². The van der Waals surface area contributed by atoms with Gasteiger partial charge in [0, 0.05) is 10.4 Å². The summed E-state index contributed by atoms with van der Waals surface area (Å²) in [5, 5.41) is 6.90. The fourth-order valence-corrected chi connectivity index (χ4v) is 4.28. The van der Waals surface area contributed by atoms with E-state index >= 15 is 0 Å². The van der Waals surface area contributed by atoms with Crippen LogP contribution < -0.4 is 10.2 Å². The minimum absolute atomic E-state index is 0.104. The van der Waals surface area contributed by atoms with E-state index < -0.39 is 23.5 Å². The largest absolute Gasteiger partial charge is 0.289 e. The van der Waals surface area contributed by atoms with Gasteiger partial charge in [-0.1, -0.05) is 11.3 Å². The predicted molar refractivity (Wildman–Crippen MR) is 112 cm³/mol. The number of carbonyl (C=O) groups excluding carboxylic acids is 3. The first-order valence-corrected chi connectivity index (χ1v) is 10.1. The van der Waals surface area contributed by atoms with Crippen LogP contribution in [-0.2, 0) is 0 Å². The Hall–Kier alpha value is -3.92. The lowest BCUT2D eigenvalue weighted by molar-refractivity contribution is 0.0925. The van der Waals surface area contributed by atoms with E-state index in [4.69, 9.17) is 0 Å². The van der Waals surface area contributed by atoms with E-state index in [9.17, 15) is 18.8 Å². The first-order valence-electron chi connectivity index (χ1n) is 9.26. The van der Waals surface area contributed by atoms with Crippen LogP contribution in [0.15, 0.2) is 42.5 Å². The summed E-state index contributed by atoms with van der Waals surface area (Å²) in [6.45, 7) is 3.88. The van der Waals surface area contributed by atoms with Crippen molar-refractivity contribution in [2.45, 2.75) is 13.8 Å². The third-order valence-electron chi connectivity index (χ3n) is 5.11. The lowest BCUT2D eigenvalue weighted by Crippen LogP contribution is -2.29. The van der Waals surface area contributed by atoms with E-state index in [0.717, 1.165) is 15.5 Å². The first-order chi connectivity index (χ1) is 14.8. The number of carbonyl (C=O) groups is 3. The minimum Gasteiger partial charge on any atom is -0.289 e. The van der Waals surface area contributed by atoms with Crippen molar-refractivity contribution >= 4 is 45.7 Å². The second-order valence-corrected chi connectivity index (χ2v) is 8.19. The summed E-state index contributed by atoms with van der Waals surface area (Å²) in [6, 6.07) is 9.30. The maximum absolute atomic E-state index is 13.2. The number of anilines is 2. The van der Waals surface area contributed by atoms with Crippen molar-refractivity contribution in [3.05, 3.63) is 75.5 Å². The van der Waals surface area contributed by atoms with Crippen LogP contribution in [0, 0.1) is 19.7 Å². The van der Waals surface area contributed by atoms with Crippen molar-refractivity contribution in [3.63, 3.8) is 0 Å². The standard InChI is InChI=1S/C21H14FN5O3S/c1-10-11(2)31-21-24-20(25-27(10)21)23-17(28)12-3-8-15-16(9-12)19(30)26(18(15)29)14-6-4-13(22)5-7-14/h3-9H,1-2H3,(H,23,25,28). The minimum atomic E-state index is -0.576. The molecule has 0 bridgehead atoms. The number of benzene rings is 2. The van der Waals surface area contributed by atoms with Gasteiger partial charge in [-0.15, -0.1) is 5.10 Å². The summed E-state index contributed by atoms with van der Waals surface area (Å²) in [5.41, 5.74) is 1.67. The highest BCUT2D eigenvalue weighted by molar-refractivity contribution is 7.17. The topological polar surface area (TPSA) is 96.7 Å². The van der Waals surface area contributed by atoms with Crippen LogP contribution >= 0.6 is 11.3 Å². The van der Waals surface area contributed by atoms with Crippen LogP contribution in [0.3, 0.4) is 0 Å². The molecule has 1 aliphatic rings. The number of hydrogen-bond acceptors (Lipinski definition) is 6. The zero-order chi connectivity index (χ0) is 21.9. The Labute approximate surface area is 178 Å². The van der Waals surface area contributed by atoms with E-state index in [1.165, 1.54) is 53.8 Å². The monoisotopic (exact) mass is 435 g/mol. The van der Waals surface area contributed by atoms with Gasteiger partial charge in [-0.05, 0) is 56.3 Å². The molecule has 2 aromatic heterocycles. The summed E-state index contributed by atoms with van der Waals surface area (Å²) in [5.74, 6) is -1.93. The lowest BCUT2D eigenvalue weighted by atomic mass is 10.1. The average Bonchev–Trinajstić information content (AvgIpc) is 3.34. The molecule has 0 saturated carbocycles. The molecule has 3 amide bonds. The highest BCUT2D eigenvalue weighted by Crippen LogP contribution is 2.29. The Bertz CT molecular complexity index is 1410. The van der Waals surface area contributed by atoms with Gasteiger partial charge in [-0.3, -0.25) is 19.7 Å². The third kappa shape index (κ3) is 2.99. The number of fused-ring (bicyclic) bond motifs is 2. The van der Waals surface area contributed by atoms with E-state index in [1.54, 1.807) is 4.52 Å². The Morgan fingerprint density at radius 2 is 1.74 bits per heavy atom. The van der Waals surface area contributed by atoms with Crippen LogP contribution in [-0.4, -0.2) is 32.3 Å². The van der Waals surface area contributed by atoms with Crippen molar-refractivity contribution < 1.29 is 18.8 Å². The van der Waals surface area contributed by atoms with Crippen LogP contribution in [0.2, 0.25) is 0 Å². The molecule has 0 unspecified atom stereocenters. The molecule has 4 aromatic rings. The highest BCUT2D eigenvalue weighted by Gasteiger charge is 2.37. The molecular formula is C21H14FN5O3S. The van der Waals surface area contributed by atoms with E-state index in [1.807, 2.05) is 13.8 Å². The summed E-state index contributed by atoms with van der Waals surface area (Å²) in [7, 11) is 0. The fraction of sp³-hybridized carbons (Fsp3) is 0.0952. The maximum Gasteiger partial charge on any atom is 0.266 e. The number of rotatable bonds is 3. The SMILES string of the molecule is Cc1sc2nc(NC(=O)c3ccc4c(c3)C(=O)N(c3ccc(F)cc3)C4=O)nn2c1C. The van der Waals surface area contributed by atoms with Gasteiger partial charge in [0.05, 0.1) is 22.5 Å². The molecule has 10 heteroatoms. The molecule has 154 valence electrons. The molecule has 8 nitrogen and oxygen atoms in total. The van der Waals surface area contributed by atoms with Gasteiger partial charge in [-0.25, -0.2) is 13.8 Å². The first kappa shape index (κ1) is 19.1. The second-order valence-electron chi connectivity index (χ2n) is 7.01. The van der Waals surface area contributed by atoms with Gasteiger partial charge in [0.25, 0.3) is 23.7 Å². The Kier molecular flexibility index (Phi) is 4.19. The third-order valence-corrected chi connectivity index (χ3v) is 6.16. The quantitative estimate of drug-likeness (QED) is 0.496. The van der Waals surface area contributed by atoms with Gasteiger partial charge in [-0.2, -0.15) is 4.98 Å². The number of hydrogen-bond donors (Lipinski definition) is 1.